The lowest BCUT2D eigenvalue weighted by Crippen LogP contribution is -2.33. The van der Waals surface area contributed by atoms with Gasteiger partial charge in [0.1, 0.15) is 4.88 Å². The second-order valence-electron chi connectivity index (χ2n) is 5.04. The molecule has 5 nitrogen and oxygen atoms in total. The Labute approximate surface area is 109 Å². The van der Waals surface area contributed by atoms with Crippen molar-refractivity contribution in [3.8, 4) is 0 Å². The lowest BCUT2D eigenvalue weighted by atomic mass is 9.89. The van der Waals surface area contributed by atoms with Gasteiger partial charge < -0.3 is 10.4 Å². The van der Waals surface area contributed by atoms with Gasteiger partial charge in [-0.1, -0.05) is 19.8 Å². The number of amides is 1. The molecule has 1 aromatic rings. The van der Waals surface area contributed by atoms with Crippen molar-refractivity contribution < 1.29 is 14.7 Å². The van der Waals surface area contributed by atoms with E-state index >= 15 is 0 Å². The molecule has 1 aliphatic rings. The van der Waals surface area contributed by atoms with Crippen LogP contribution >= 0.6 is 11.3 Å². The molecule has 0 bridgehead atoms. The van der Waals surface area contributed by atoms with Crippen LogP contribution in [-0.2, 0) is 0 Å². The summed E-state index contributed by atoms with van der Waals surface area (Å²) in [4.78, 5) is 26.6. The number of hydrogen-bond acceptors (Lipinski definition) is 4. The Morgan fingerprint density at radius 1 is 1.50 bits per heavy atom. The van der Waals surface area contributed by atoms with Crippen LogP contribution < -0.4 is 5.32 Å². The molecule has 0 atom stereocenters. The summed E-state index contributed by atoms with van der Waals surface area (Å²) in [7, 11) is 0. The molecule has 0 unspecified atom stereocenters. The zero-order valence-corrected chi connectivity index (χ0v) is 11.0. The van der Waals surface area contributed by atoms with Crippen molar-refractivity contribution >= 4 is 23.2 Å². The highest BCUT2D eigenvalue weighted by Crippen LogP contribution is 2.36. The van der Waals surface area contributed by atoms with Gasteiger partial charge in [0.2, 0.25) is 5.01 Å². The lowest BCUT2D eigenvalue weighted by molar-refractivity contribution is 0.0696. The number of carboxylic acid groups (broad SMARTS) is 1. The van der Waals surface area contributed by atoms with Crippen LogP contribution in [0.5, 0.6) is 0 Å². The molecule has 0 aliphatic heterocycles. The lowest BCUT2D eigenvalue weighted by Gasteiger charge is -2.23. The molecule has 2 rings (SSSR count). The molecule has 0 spiro atoms. The van der Waals surface area contributed by atoms with E-state index in [2.05, 4.69) is 17.2 Å². The molecule has 6 heteroatoms. The Morgan fingerprint density at radius 2 is 2.17 bits per heavy atom. The summed E-state index contributed by atoms with van der Waals surface area (Å²) in [6.07, 6.45) is 6.03. The first-order chi connectivity index (χ1) is 8.50. The summed E-state index contributed by atoms with van der Waals surface area (Å²) in [6.45, 7) is 2.82. The molecule has 98 valence electrons. The molecule has 0 aromatic carbocycles. The van der Waals surface area contributed by atoms with E-state index in [1.807, 2.05) is 0 Å². The highest BCUT2D eigenvalue weighted by molar-refractivity contribution is 7.15. The van der Waals surface area contributed by atoms with E-state index in [0.29, 0.717) is 11.4 Å². The smallest absolute Gasteiger partial charge is 0.365 e. The molecule has 1 heterocycles. The number of hydrogen-bond donors (Lipinski definition) is 2. The van der Waals surface area contributed by atoms with Gasteiger partial charge in [0.25, 0.3) is 5.91 Å². The number of rotatable bonds is 4. The Bertz CT molecular complexity index is 464. The molecule has 18 heavy (non-hydrogen) atoms. The van der Waals surface area contributed by atoms with Gasteiger partial charge in [-0.2, -0.15) is 0 Å². The number of carboxylic acids is 1. The summed E-state index contributed by atoms with van der Waals surface area (Å²) >= 11 is 0.908. The minimum absolute atomic E-state index is 0.0489. The van der Waals surface area contributed by atoms with Gasteiger partial charge in [0.05, 0.1) is 6.20 Å². The quantitative estimate of drug-likeness (QED) is 0.877. The SMILES string of the molecule is CC1(CNC(=O)c2cnc(C(=O)O)s2)CCCC1. The third-order valence-corrected chi connectivity index (χ3v) is 4.38. The zero-order chi connectivity index (χ0) is 13.2. The molecule has 2 N–H and O–H groups in total. The second-order valence-corrected chi connectivity index (χ2v) is 6.07. The zero-order valence-electron chi connectivity index (χ0n) is 10.2. The Hall–Kier alpha value is -1.43. The van der Waals surface area contributed by atoms with Crippen LogP contribution in [0.2, 0.25) is 0 Å². The number of carbonyl (C=O) groups excluding carboxylic acids is 1. The fourth-order valence-electron chi connectivity index (χ4n) is 2.26. The highest BCUT2D eigenvalue weighted by Gasteiger charge is 2.29. The minimum atomic E-state index is -1.10. The number of nitrogens with zero attached hydrogens (tertiary/aromatic N) is 1. The van der Waals surface area contributed by atoms with Crippen LogP contribution in [0.3, 0.4) is 0 Å². The largest absolute Gasteiger partial charge is 0.476 e. The van der Waals surface area contributed by atoms with Crippen molar-refractivity contribution in [3.63, 3.8) is 0 Å². The molecule has 0 saturated heterocycles. The van der Waals surface area contributed by atoms with Crippen molar-refractivity contribution in [2.45, 2.75) is 32.6 Å². The van der Waals surface area contributed by atoms with E-state index in [4.69, 9.17) is 5.11 Å². The molecule has 1 fully saturated rings. The Kier molecular flexibility index (Phi) is 3.65. The first-order valence-electron chi connectivity index (χ1n) is 5.97. The van der Waals surface area contributed by atoms with Crippen molar-refractivity contribution in [3.05, 3.63) is 16.1 Å². The van der Waals surface area contributed by atoms with Crippen LogP contribution in [0.1, 0.15) is 52.1 Å². The summed E-state index contributed by atoms with van der Waals surface area (Å²) in [5, 5.41) is 11.6. The summed E-state index contributed by atoms with van der Waals surface area (Å²) in [6, 6.07) is 0. The van der Waals surface area contributed by atoms with Gasteiger partial charge in [-0.05, 0) is 18.3 Å². The van der Waals surface area contributed by atoms with E-state index in [0.717, 1.165) is 24.2 Å². The molecule has 1 aromatic heterocycles. The summed E-state index contributed by atoms with van der Waals surface area (Å²) in [5.74, 6) is -1.32. The van der Waals surface area contributed by atoms with Gasteiger partial charge in [0.15, 0.2) is 0 Å². The van der Waals surface area contributed by atoms with Gasteiger partial charge >= 0.3 is 5.97 Å². The summed E-state index contributed by atoms with van der Waals surface area (Å²) < 4.78 is 0. The first kappa shape index (κ1) is 13.0. The number of carbonyl (C=O) groups is 2. The molecule has 0 radical (unpaired) electrons. The van der Waals surface area contributed by atoms with Crippen molar-refractivity contribution in [2.75, 3.05) is 6.54 Å². The van der Waals surface area contributed by atoms with Crippen LogP contribution in [0.4, 0.5) is 0 Å². The van der Waals surface area contributed by atoms with E-state index < -0.39 is 5.97 Å². The van der Waals surface area contributed by atoms with E-state index in [-0.39, 0.29) is 16.3 Å². The fourth-order valence-corrected chi connectivity index (χ4v) is 2.94. The first-order valence-corrected chi connectivity index (χ1v) is 6.79. The van der Waals surface area contributed by atoms with E-state index in [1.54, 1.807) is 0 Å². The molecular weight excluding hydrogens is 252 g/mol. The maximum absolute atomic E-state index is 11.8. The third-order valence-electron chi connectivity index (χ3n) is 3.40. The molecule has 1 saturated carbocycles. The minimum Gasteiger partial charge on any atom is -0.476 e. The van der Waals surface area contributed by atoms with Gasteiger partial charge in [0, 0.05) is 6.54 Å². The monoisotopic (exact) mass is 268 g/mol. The molecule has 1 aliphatic carbocycles. The van der Waals surface area contributed by atoms with Crippen LogP contribution in [0.15, 0.2) is 6.20 Å². The van der Waals surface area contributed by atoms with Gasteiger partial charge in [-0.3, -0.25) is 4.79 Å². The van der Waals surface area contributed by atoms with Gasteiger partial charge in [-0.25, -0.2) is 9.78 Å². The number of aromatic carboxylic acids is 1. The Morgan fingerprint density at radius 3 is 2.72 bits per heavy atom. The standard InChI is InChI=1S/C12H16N2O3S/c1-12(4-2-3-5-12)7-14-9(15)8-6-13-10(18-8)11(16)17/h6H,2-5,7H2,1H3,(H,14,15)(H,16,17). The van der Waals surface area contributed by atoms with E-state index in [1.165, 1.54) is 19.0 Å². The predicted molar refractivity (Wildman–Crippen MR) is 68.0 cm³/mol. The number of aromatic nitrogens is 1. The van der Waals surface area contributed by atoms with Crippen molar-refractivity contribution in [2.24, 2.45) is 5.41 Å². The predicted octanol–water partition coefficient (Wildman–Crippen LogP) is 2.15. The maximum Gasteiger partial charge on any atom is 0.365 e. The maximum atomic E-state index is 11.8. The van der Waals surface area contributed by atoms with Crippen LogP contribution in [0, 0.1) is 5.41 Å². The third kappa shape index (κ3) is 2.87. The van der Waals surface area contributed by atoms with E-state index in [9.17, 15) is 9.59 Å². The second kappa shape index (κ2) is 5.06. The van der Waals surface area contributed by atoms with Gasteiger partial charge in [-0.15, -0.1) is 11.3 Å². The number of nitrogens with one attached hydrogen (secondary N) is 1. The van der Waals surface area contributed by atoms with Crippen LogP contribution in [-0.4, -0.2) is 28.5 Å². The summed E-state index contributed by atoms with van der Waals surface area (Å²) in [5.41, 5.74) is 0.190. The molecule has 1 amide bonds. The normalized spacial score (nSPS) is 17.6. The molecular formula is C12H16N2O3S. The fraction of sp³-hybridized carbons (Fsp3) is 0.583. The van der Waals surface area contributed by atoms with Crippen molar-refractivity contribution in [1.29, 1.82) is 0 Å². The highest BCUT2D eigenvalue weighted by atomic mass is 32.1. The Balaban J connectivity index is 1.93. The average Bonchev–Trinajstić information content (AvgIpc) is 2.95. The number of thiazole rings is 1. The topological polar surface area (TPSA) is 79.3 Å². The van der Waals surface area contributed by atoms with Crippen molar-refractivity contribution in [1.82, 2.24) is 10.3 Å². The average molecular weight is 268 g/mol. The van der Waals surface area contributed by atoms with Crippen LogP contribution in [0.25, 0.3) is 0 Å².